The quantitative estimate of drug-likeness (QED) is 0.569. The summed E-state index contributed by atoms with van der Waals surface area (Å²) in [5.41, 5.74) is 0.881. The third-order valence-corrected chi connectivity index (χ3v) is 4.76. The van der Waals surface area contributed by atoms with Crippen molar-refractivity contribution in [3.05, 3.63) is 28.5 Å². The van der Waals surface area contributed by atoms with Gasteiger partial charge < -0.3 is 15.4 Å². The largest absolute Gasteiger partial charge is 0.452 e. The first-order valence-corrected chi connectivity index (χ1v) is 9.02. The summed E-state index contributed by atoms with van der Waals surface area (Å²) in [7, 11) is 0. The summed E-state index contributed by atoms with van der Waals surface area (Å²) in [6.07, 6.45) is 0.180. The average molecular weight is 377 g/mol. The molecule has 7 nitrogen and oxygen atoms in total. The minimum atomic E-state index is -0.691. The Hall–Kier alpha value is -2.70. The van der Waals surface area contributed by atoms with Crippen molar-refractivity contribution in [3.63, 3.8) is 0 Å². The van der Waals surface area contributed by atoms with E-state index in [1.807, 2.05) is 23.6 Å². The lowest BCUT2D eigenvalue weighted by atomic mass is 10.1. The zero-order valence-corrected chi connectivity index (χ0v) is 15.0. The van der Waals surface area contributed by atoms with E-state index in [0.29, 0.717) is 10.6 Å². The molecular weight excluding hydrogens is 362 g/mol. The number of nitrogens with one attached hydrogen (secondary N) is 2. The highest BCUT2D eigenvalue weighted by Gasteiger charge is 2.23. The molecule has 0 aliphatic heterocycles. The third-order valence-electron chi connectivity index (χ3n) is 2.96. The number of nitriles is 1. The molecule has 0 unspecified atom stereocenters. The van der Waals surface area contributed by atoms with E-state index < -0.39 is 18.5 Å². The van der Waals surface area contributed by atoms with Crippen molar-refractivity contribution >= 4 is 45.5 Å². The standard InChI is InChI=1S/C16H15N3O4S2/c1-10(20)19-15-14(11(9-25-15)12-4-2-7-24-12)16(22)23-8-13(21)18-6-3-5-17/h2,4,7,9H,3,6,8H2,1H3,(H,18,21)(H,19,20). The predicted octanol–water partition coefficient (Wildman–Crippen LogP) is 2.62. The molecule has 0 saturated heterocycles. The number of carbonyl (C=O) groups is 3. The SMILES string of the molecule is CC(=O)Nc1scc(-c2cccs2)c1C(=O)OCC(=O)NCCC#N. The summed E-state index contributed by atoms with van der Waals surface area (Å²) in [6, 6.07) is 5.61. The maximum atomic E-state index is 12.5. The van der Waals surface area contributed by atoms with Gasteiger partial charge in [-0.25, -0.2) is 4.79 Å². The van der Waals surface area contributed by atoms with E-state index in [4.69, 9.17) is 10.00 Å². The zero-order chi connectivity index (χ0) is 18.2. The first-order valence-electron chi connectivity index (χ1n) is 7.26. The maximum absolute atomic E-state index is 12.5. The summed E-state index contributed by atoms with van der Waals surface area (Å²) in [6.45, 7) is 1.09. The lowest BCUT2D eigenvalue weighted by Gasteiger charge is -2.08. The van der Waals surface area contributed by atoms with Crippen LogP contribution in [0.2, 0.25) is 0 Å². The van der Waals surface area contributed by atoms with Crippen molar-refractivity contribution in [2.45, 2.75) is 13.3 Å². The van der Waals surface area contributed by atoms with Gasteiger partial charge >= 0.3 is 5.97 Å². The van der Waals surface area contributed by atoms with Gasteiger partial charge in [0.25, 0.3) is 5.91 Å². The molecule has 0 saturated carbocycles. The van der Waals surface area contributed by atoms with Crippen molar-refractivity contribution in [3.8, 4) is 16.5 Å². The van der Waals surface area contributed by atoms with Gasteiger partial charge in [0.2, 0.25) is 5.91 Å². The highest BCUT2D eigenvalue weighted by molar-refractivity contribution is 7.17. The molecule has 2 heterocycles. The summed E-state index contributed by atoms with van der Waals surface area (Å²) < 4.78 is 5.07. The van der Waals surface area contributed by atoms with E-state index in [1.165, 1.54) is 29.6 Å². The molecule has 2 rings (SSSR count). The van der Waals surface area contributed by atoms with E-state index in [1.54, 1.807) is 5.38 Å². The van der Waals surface area contributed by atoms with Gasteiger partial charge in [0.1, 0.15) is 10.6 Å². The van der Waals surface area contributed by atoms with Crippen molar-refractivity contribution in [2.24, 2.45) is 0 Å². The van der Waals surface area contributed by atoms with Crippen LogP contribution in [0.1, 0.15) is 23.7 Å². The molecular formula is C16H15N3O4S2. The van der Waals surface area contributed by atoms with Crippen LogP contribution < -0.4 is 10.6 Å². The lowest BCUT2D eigenvalue weighted by Crippen LogP contribution is -2.29. The van der Waals surface area contributed by atoms with Crippen LogP contribution in [0.25, 0.3) is 10.4 Å². The number of nitrogens with zero attached hydrogens (tertiary/aromatic N) is 1. The predicted molar refractivity (Wildman–Crippen MR) is 95.5 cm³/mol. The van der Waals surface area contributed by atoms with Gasteiger partial charge in [-0.2, -0.15) is 5.26 Å². The van der Waals surface area contributed by atoms with Crippen molar-refractivity contribution < 1.29 is 19.1 Å². The second kappa shape index (κ2) is 8.96. The van der Waals surface area contributed by atoms with Crippen molar-refractivity contribution in [2.75, 3.05) is 18.5 Å². The average Bonchev–Trinajstić information content (AvgIpc) is 3.21. The van der Waals surface area contributed by atoms with Crippen LogP contribution in [0.15, 0.2) is 22.9 Å². The summed E-state index contributed by atoms with van der Waals surface area (Å²) in [5.74, 6) is -1.48. The minimum Gasteiger partial charge on any atom is -0.452 e. The molecule has 0 aliphatic rings. The van der Waals surface area contributed by atoms with E-state index in [-0.39, 0.29) is 24.4 Å². The minimum absolute atomic E-state index is 0.180. The van der Waals surface area contributed by atoms with Crippen molar-refractivity contribution in [1.29, 1.82) is 5.26 Å². The first-order chi connectivity index (χ1) is 12.0. The van der Waals surface area contributed by atoms with Gasteiger partial charge in [0, 0.05) is 29.3 Å². The molecule has 130 valence electrons. The monoisotopic (exact) mass is 377 g/mol. The Morgan fingerprint density at radius 1 is 1.32 bits per heavy atom. The maximum Gasteiger partial charge on any atom is 0.342 e. The number of rotatable bonds is 7. The molecule has 0 aliphatic carbocycles. The Bertz CT molecular complexity index is 806. The number of hydrogen-bond acceptors (Lipinski definition) is 7. The summed E-state index contributed by atoms with van der Waals surface area (Å²) in [4.78, 5) is 36.3. The van der Waals surface area contributed by atoms with E-state index in [2.05, 4.69) is 10.6 Å². The van der Waals surface area contributed by atoms with Crippen LogP contribution in [0.3, 0.4) is 0 Å². The molecule has 2 N–H and O–H groups in total. The smallest absolute Gasteiger partial charge is 0.342 e. The molecule has 0 spiro atoms. The van der Waals surface area contributed by atoms with Crippen LogP contribution in [0, 0.1) is 11.3 Å². The fourth-order valence-corrected chi connectivity index (χ4v) is 3.76. The van der Waals surface area contributed by atoms with Gasteiger partial charge in [-0.05, 0) is 11.4 Å². The number of thiophene rings is 2. The molecule has 2 aromatic rings. The number of carbonyl (C=O) groups excluding carboxylic acids is 3. The van der Waals surface area contributed by atoms with Gasteiger partial charge in [-0.3, -0.25) is 9.59 Å². The highest BCUT2D eigenvalue weighted by atomic mass is 32.1. The first kappa shape index (κ1) is 18.6. The Kier molecular flexibility index (Phi) is 6.68. The van der Waals surface area contributed by atoms with E-state index in [9.17, 15) is 14.4 Å². The van der Waals surface area contributed by atoms with Gasteiger partial charge in [0.05, 0.1) is 12.5 Å². The fraction of sp³-hybridized carbons (Fsp3) is 0.250. The Labute approximate surface area is 152 Å². The van der Waals surface area contributed by atoms with Gasteiger partial charge in [-0.15, -0.1) is 22.7 Å². The second-order valence-corrected chi connectivity index (χ2v) is 6.67. The Morgan fingerprint density at radius 3 is 2.76 bits per heavy atom. The van der Waals surface area contributed by atoms with Crippen LogP contribution in [-0.2, 0) is 14.3 Å². The van der Waals surface area contributed by atoms with Gasteiger partial charge in [0.15, 0.2) is 6.61 Å². The van der Waals surface area contributed by atoms with Crippen LogP contribution in [0.4, 0.5) is 5.00 Å². The normalized spacial score (nSPS) is 9.92. The molecule has 0 radical (unpaired) electrons. The molecule has 0 atom stereocenters. The molecule has 2 amide bonds. The number of hydrogen-bond donors (Lipinski definition) is 2. The molecule has 0 aromatic carbocycles. The van der Waals surface area contributed by atoms with E-state index in [0.717, 1.165) is 4.88 Å². The zero-order valence-electron chi connectivity index (χ0n) is 13.3. The van der Waals surface area contributed by atoms with Crippen LogP contribution in [0.5, 0.6) is 0 Å². The Morgan fingerprint density at radius 2 is 2.12 bits per heavy atom. The molecule has 9 heteroatoms. The topological polar surface area (TPSA) is 108 Å². The lowest BCUT2D eigenvalue weighted by molar-refractivity contribution is -0.124. The summed E-state index contributed by atoms with van der Waals surface area (Å²) in [5, 5.41) is 17.5. The van der Waals surface area contributed by atoms with E-state index >= 15 is 0 Å². The molecule has 2 aromatic heterocycles. The van der Waals surface area contributed by atoms with Gasteiger partial charge in [-0.1, -0.05) is 6.07 Å². The fourth-order valence-electron chi connectivity index (χ4n) is 1.94. The molecule has 0 fully saturated rings. The highest BCUT2D eigenvalue weighted by Crippen LogP contribution is 2.38. The van der Waals surface area contributed by atoms with Crippen LogP contribution in [-0.4, -0.2) is 30.9 Å². The molecule has 0 bridgehead atoms. The third kappa shape index (κ3) is 5.14. The number of amides is 2. The molecule has 25 heavy (non-hydrogen) atoms. The Balaban J connectivity index is 2.14. The second-order valence-electron chi connectivity index (χ2n) is 4.85. The number of anilines is 1. The number of esters is 1. The van der Waals surface area contributed by atoms with Crippen molar-refractivity contribution in [1.82, 2.24) is 5.32 Å². The number of ether oxygens (including phenoxy) is 1. The van der Waals surface area contributed by atoms with Crippen LogP contribution >= 0.6 is 22.7 Å². The summed E-state index contributed by atoms with van der Waals surface area (Å²) >= 11 is 2.67.